The third-order valence-corrected chi connectivity index (χ3v) is 4.77. The van der Waals surface area contributed by atoms with E-state index >= 15 is 0 Å². The van der Waals surface area contributed by atoms with Gasteiger partial charge in [-0.25, -0.2) is 4.79 Å². The van der Waals surface area contributed by atoms with Gasteiger partial charge in [-0.1, -0.05) is 35.9 Å². The fourth-order valence-corrected chi connectivity index (χ4v) is 3.63. The van der Waals surface area contributed by atoms with E-state index in [1.54, 1.807) is 37.3 Å². The van der Waals surface area contributed by atoms with Crippen molar-refractivity contribution in [1.29, 1.82) is 0 Å². The van der Waals surface area contributed by atoms with Gasteiger partial charge in [0.2, 0.25) is 11.8 Å². The van der Waals surface area contributed by atoms with Crippen LogP contribution in [0.2, 0.25) is 5.02 Å². The molecule has 0 radical (unpaired) electrons. The minimum atomic E-state index is -0.633. The topological polar surface area (TPSA) is 63.7 Å². The van der Waals surface area contributed by atoms with Crippen molar-refractivity contribution in [2.75, 3.05) is 13.7 Å². The van der Waals surface area contributed by atoms with Crippen molar-refractivity contribution in [3.8, 4) is 0 Å². The third kappa shape index (κ3) is 2.36. The molecule has 1 aromatic rings. The molecule has 6 heteroatoms. The number of likely N-dealkylation sites (tertiary alicyclic amines) is 1. The standard InChI is InChI=1S/C17H16ClNO4/c1-3-23-17(22)11-8-10-14(16(21)19(2)15(10)20)13(11)9-6-4-5-7-12(9)18/h4-8,10,13-14H,3H2,1-2H3/t10-,13-,14-/m0/s1. The zero-order valence-electron chi connectivity index (χ0n) is 12.8. The van der Waals surface area contributed by atoms with Gasteiger partial charge in [0.15, 0.2) is 0 Å². The zero-order valence-corrected chi connectivity index (χ0v) is 13.5. The number of benzene rings is 1. The number of hydrogen-bond acceptors (Lipinski definition) is 4. The van der Waals surface area contributed by atoms with Crippen LogP contribution in [0.1, 0.15) is 18.4 Å². The highest BCUT2D eigenvalue weighted by molar-refractivity contribution is 6.31. The molecule has 1 saturated heterocycles. The summed E-state index contributed by atoms with van der Waals surface area (Å²) in [6, 6.07) is 7.05. The van der Waals surface area contributed by atoms with E-state index in [-0.39, 0.29) is 18.4 Å². The van der Waals surface area contributed by atoms with Gasteiger partial charge in [-0.2, -0.15) is 0 Å². The van der Waals surface area contributed by atoms with Crippen LogP contribution in [0.15, 0.2) is 35.9 Å². The molecule has 1 heterocycles. The number of nitrogens with zero attached hydrogens (tertiary/aromatic N) is 1. The first-order valence-corrected chi connectivity index (χ1v) is 7.79. The minimum absolute atomic E-state index is 0.225. The molecule has 0 aromatic heterocycles. The first-order valence-electron chi connectivity index (χ1n) is 7.42. The second-order valence-corrected chi connectivity index (χ2v) is 6.04. The van der Waals surface area contributed by atoms with Crippen molar-refractivity contribution in [2.24, 2.45) is 11.8 Å². The molecule has 3 atom stereocenters. The van der Waals surface area contributed by atoms with Gasteiger partial charge in [-0.05, 0) is 18.6 Å². The second kappa shape index (κ2) is 5.81. The molecule has 1 aromatic carbocycles. The summed E-state index contributed by atoms with van der Waals surface area (Å²) in [5, 5.41) is 0.461. The van der Waals surface area contributed by atoms with E-state index in [0.717, 1.165) is 4.90 Å². The normalized spacial score (nSPS) is 26.3. The van der Waals surface area contributed by atoms with E-state index in [2.05, 4.69) is 0 Å². The van der Waals surface area contributed by atoms with E-state index in [9.17, 15) is 14.4 Å². The molecule has 0 bridgehead atoms. The molecule has 1 aliphatic heterocycles. The molecule has 3 rings (SSSR count). The van der Waals surface area contributed by atoms with E-state index in [1.807, 2.05) is 0 Å². The van der Waals surface area contributed by atoms with Crippen molar-refractivity contribution in [3.63, 3.8) is 0 Å². The number of rotatable bonds is 3. The first-order chi connectivity index (χ1) is 11.0. The summed E-state index contributed by atoms with van der Waals surface area (Å²) in [6.45, 7) is 1.94. The van der Waals surface area contributed by atoms with E-state index in [0.29, 0.717) is 16.2 Å². The van der Waals surface area contributed by atoms with Crippen molar-refractivity contribution < 1.29 is 19.1 Å². The van der Waals surface area contributed by atoms with Crippen LogP contribution in [0.5, 0.6) is 0 Å². The maximum absolute atomic E-state index is 12.5. The Hall–Kier alpha value is -2.14. The van der Waals surface area contributed by atoms with Crippen LogP contribution >= 0.6 is 11.6 Å². The molecule has 5 nitrogen and oxygen atoms in total. The number of imide groups is 1. The van der Waals surface area contributed by atoms with Crippen LogP contribution in [0, 0.1) is 11.8 Å². The van der Waals surface area contributed by atoms with Gasteiger partial charge in [0, 0.05) is 23.6 Å². The summed E-state index contributed by atoms with van der Waals surface area (Å²) < 4.78 is 5.09. The lowest BCUT2D eigenvalue weighted by atomic mass is 9.82. The molecule has 2 aliphatic rings. The molecule has 2 amide bonds. The van der Waals surface area contributed by atoms with E-state index in [1.165, 1.54) is 7.05 Å². The van der Waals surface area contributed by atoms with Crippen LogP contribution in [-0.2, 0) is 19.1 Å². The second-order valence-electron chi connectivity index (χ2n) is 5.63. The van der Waals surface area contributed by atoms with Crippen molar-refractivity contribution in [3.05, 3.63) is 46.5 Å². The van der Waals surface area contributed by atoms with E-state index < -0.39 is 23.7 Å². The summed E-state index contributed by atoms with van der Waals surface area (Å²) in [5.74, 6) is -2.92. The first kappa shape index (κ1) is 15.7. The molecular weight excluding hydrogens is 318 g/mol. The van der Waals surface area contributed by atoms with Crippen molar-refractivity contribution >= 4 is 29.4 Å². The Morgan fingerprint density at radius 2 is 1.96 bits per heavy atom. The van der Waals surface area contributed by atoms with Crippen LogP contribution < -0.4 is 0 Å². The number of fused-ring (bicyclic) bond motifs is 1. The van der Waals surface area contributed by atoms with Gasteiger partial charge in [-0.15, -0.1) is 0 Å². The largest absolute Gasteiger partial charge is 0.463 e. The van der Waals surface area contributed by atoms with Gasteiger partial charge in [-0.3, -0.25) is 14.5 Å². The molecule has 23 heavy (non-hydrogen) atoms. The zero-order chi connectivity index (χ0) is 16.7. The smallest absolute Gasteiger partial charge is 0.334 e. The Morgan fingerprint density at radius 3 is 2.61 bits per heavy atom. The minimum Gasteiger partial charge on any atom is -0.463 e. The third-order valence-electron chi connectivity index (χ3n) is 4.42. The number of ether oxygens (including phenoxy) is 1. The van der Waals surface area contributed by atoms with Gasteiger partial charge >= 0.3 is 5.97 Å². The van der Waals surface area contributed by atoms with Crippen molar-refractivity contribution in [2.45, 2.75) is 12.8 Å². The summed E-state index contributed by atoms with van der Waals surface area (Å²) in [5.41, 5.74) is 1.00. The molecule has 1 fully saturated rings. The van der Waals surface area contributed by atoms with Crippen LogP contribution in [0.25, 0.3) is 0 Å². The number of hydrogen-bond donors (Lipinski definition) is 0. The molecule has 0 unspecified atom stereocenters. The van der Waals surface area contributed by atoms with Crippen LogP contribution in [0.3, 0.4) is 0 Å². The molecule has 0 saturated carbocycles. The van der Waals surface area contributed by atoms with E-state index in [4.69, 9.17) is 16.3 Å². The van der Waals surface area contributed by atoms with Gasteiger partial charge in [0.25, 0.3) is 0 Å². The lowest BCUT2D eigenvalue weighted by Crippen LogP contribution is -2.29. The maximum atomic E-state index is 12.5. The van der Waals surface area contributed by atoms with Crippen LogP contribution in [0.4, 0.5) is 0 Å². The van der Waals surface area contributed by atoms with Gasteiger partial charge in [0.1, 0.15) is 0 Å². The van der Waals surface area contributed by atoms with Gasteiger partial charge in [0.05, 0.1) is 18.4 Å². The fraction of sp³-hybridized carbons (Fsp3) is 0.353. The predicted octanol–water partition coefficient (Wildman–Crippen LogP) is 2.16. The Kier molecular flexibility index (Phi) is 3.98. The Bertz CT molecular complexity index is 727. The predicted molar refractivity (Wildman–Crippen MR) is 83.7 cm³/mol. The number of halogens is 1. The lowest BCUT2D eigenvalue weighted by Gasteiger charge is -2.21. The monoisotopic (exact) mass is 333 g/mol. The molecule has 1 aliphatic carbocycles. The van der Waals surface area contributed by atoms with Gasteiger partial charge < -0.3 is 4.74 Å². The Morgan fingerprint density at radius 1 is 1.26 bits per heavy atom. The quantitative estimate of drug-likeness (QED) is 0.628. The highest BCUT2D eigenvalue weighted by Crippen LogP contribution is 2.49. The molecule has 0 N–H and O–H groups in total. The molecule has 0 spiro atoms. The number of carbonyl (C=O) groups is 3. The highest BCUT2D eigenvalue weighted by atomic mass is 35.5. The summed E-state index contributed by atoms with van der Waals surface area (Å²) in [4.78, 5) is 38.2. The number of amides is 2. The average molecular weight is 334 g/mol. The highest BCUT2D eigenvalue weighted by Gasteiger charge is 2.55. The number of carbonyl (C=O) groups excluding carboxylic acids is 3. The summed E-state index contributed by atoms with van der Waals surface area (Å²) in [6.07, 6.45) is 1.57. The van der Waals surface area contributed by atoms with Crippen molar-refractivity contribution in [1.82, 2.24) is 4.90 Å². The fourth-order valence-electron chi connectivity index (χ4n) is 3.38. The molecular formula is C17H16ClNO4. The average Bonchev–Trinajstić information content (AvgIpc) is 3.01. The maximum Gasteiger partial charge on any atom is 0.334 e. The lowest BCUT2D eigenvalue weighted by molar-refractivity contribution is -0.139. The Labute approximate surface area is 138 Å². The SMILES string of the molecule is CCOC(=O)C1=C[C@@H]2C(=O)N(C)C(=O)[C@@H]2[C@H]1c1ccccc1Cl. The summed E-state index contributed by atoms with van der Waals surface area (Å²) in [7, 11) is 1.46. The molecule has 120 valence electrons. The number of esters is 1. The summed E-state index contributed by atoms with van der Waals surface area (Å²) >= 11 is 6.27. The Balaban J connectivity index is 2.11. The van der Waals surface area contributed by atoms with Crippen LogP contribution in [-0.4, -0.2) is 36.3 Å².